The molecule has 2 aromatic rings. The molecule has 0 atom stereocenters. The van der Waals surface area contributed by atoms with Crippen molar-refractivity contribution in [2.24, 2.45) is 0 Å². The maximum atomic E-state index is 11.8. The number of carbonyl (C=O) groups is 2. The topological polar surface area (TPSA) is 73.9 Å². The highest BCUT2D eigenvalue weighted by Gasteiger charge is 2.08. The quantitative estimate of drug-likeness (QED) is 0.510. The van der Waals surface area contributed by atoms with E-state index in [1.54, 1.807) is 32.4 Å². The smallest absolute Gasteiger partial charge is 0.331 e. The van der Waals surface area contributed by atoms with E-state index in [0.717, 1.165) is 15.6 Å². The number of benzene rings is 2. The highest BCUT2D eigenvalue weighted by molar-refractivity contribution is 9.10. The van der Waals surface area contributed by atoms with Gasteiger partial charge in [0.1, 0.15) is 0 Å². The molecule has 0 aliphatic carbocycles. The zero-order valence-corrected chi connectivity index (χ0v) is 16.6. The second kappa shape index (κ2) is 10.4. The normalized spacial score (nSPS) is 10.5. The number of nitrogens with one attached hydrogen (secondary N) is 1. The summed E-state index contributed by atoms with van der Waals surface area (Å²) in [5.74, 6) is 0.206. The lowest BCUT2D eigenvalue weighted by Crippen LogP contribution is -2.28. The van der Waals surface area contributed by atoms with E-state index >= 15 is 0 Å². The van der Waals surface area contributed by atoms with Crippen LogP contribution in [-0.2, 0) is 20.9 Å². The van der Waals surface area contributed by atoms with E-state index in [9.17, 15) is 9.59 Å². The van der Waals surface area contributed by atoms with E-state index < -0.39 is 11.9 Å². The molecule has 1 N–H and O–H groups in total. The molecule has 1 amide bonds. The molecular weight excluding hydrogens is 414 g/mol. The summed E-state index contributed by atoms with van der Waals surface area (Å²) in [6, 6.07) is 12.8. The van der Waals surface area contributed by atoms with Crippen LogP contribution in [-0.4, -0.2) is 32.7 Å². The van der Waals surface area contributed by atoms with Crippen molar-refractivity contribution in [3.63, 3.8) is 0 Å². The molecule has 142 valence electrons. The Labute approximate surface area is 166 Å². The van der Waals surface area contributed by atoms with Gasteiger partial charge in [-0.05, 0) is 41.5 Å². The molecule has 0 aromatic heterocycles. The molecule has 0 heterocycles. The van der Waals surface area contributed by atoms with Crippen LogP contribution in [0.3, 0.4) is 0 Å². The molecule has 2 rings (SSSR count). The van der Waals surface area contributed by atoms with Crippen LogP contribution in [0, 0.1) is 0 Å². The number of hydrogen-bond acceptors (Lipinski definition) is 5. The third-order valence-corrected chi connectivity index (χ3v) is 4.04. The van der Waals surface area contributed by atoms with Gasteiger partial charge in [-0.25, -0.2) is 4.79 Å². The van der Waals surface area contributed by atoms with Crippen LogP contribution in [0.2, 0.25) is 0 Å². The number of amides is 1. The van der Waals surface area contributed by atoms with Crippen LogP contribution >= 0.6 is 15.9 Å². The number of hydrogen-bond donors (Lipinski definition) is 1. The van der Waals surface area contributed by atoms with Crippen molar-refractivity contribution >= 4 is 33.9 Å². The van der Waals surface area contributed by atoms with E-state index in [1.807, 2.05) is 30.3 Å². The van der Waals surface area contributed by atoms with E-state index in [0.29, 0.717) is 11.5 Å². The van der Waals surface area contributed by atoms with Crippen molar-refractivity contribution in [2.45, 2.75) is 6.54 Å². The summed E-state index contributed by atoms with van der Waals surface area (Å²) in [6.07, 6.45) is 2.90. The number of rotatable bonds is 8. The largest absolute Gasteiger partial charge is 0.493 e. The van der Waals surface area contributed by atoms with Gasteiger partial charge in [0.2, 0.25) is 0 Å². The number of methoxy groups -OCH3 is 2. The summed E-state index contributed by atoms with van der Waals surface area (Å²) in [6.45, 7) is -0.0699. The van der Waals surface area contributed by atoms with Crippen molar-refractivity contribution in [2.75, 3.05) is 20.8 Å². The second-order valence-corrected chi connectivity index (χ2v) is 6.38. The molecule has 0 saturated carbocycles. The van der Waals surface area contributed by atoms with Crippen LogP contribution < -0.4 is 14.8 Å². The lowest BCUT2D eigenvalue weighted by molar-refractivity contribution is -0.143. The molecule has 0 unspecified atom stereocenters. The van der Waals surface area contributed by atoms with Gasteiger partial charge in [-0.2, -0.15) is 0 Å². The third kappa shape index (κ3) is 6.79. The first-order valence-corrected chi connectivity index (χ1v) is 8.89. The van der Waals surface area contributed by atoms with Gasteiger partial charge in [0.15, 0.2) is 18.1 Å². The SMILES string of the molecule is COc1ccc(CNC(=O)COC(=O)/C=C/c2cccc(Br)c2)cc1OC. The minimum absolute atomic E-state index is 0.282. The van der Waals surface area contributed by atoms with Crippen molar-refractivity contribution in [3.05, 3.63) is 64.1 Å². The average molecular weight is 434 g/mol. The maximum Gasteiger partial charge on any atom is 0.331 e. The molecule has 2 aromatic carbocycles. The predicted octanol–water partition coefficient (Wildman–Crippen LogP) is 3.34. The summed E-state index contributed by atoms with van der Waals surface area (Å²) in [4.78, 5) is 23.5. The number of carbonyl (C=O) groups excluding carboxylic acids is 2. The molecular formula is C20H20BrNO5. The predicted molar refractivity (Wildman–Crippen MR) is 106 cm³/mol. The average Bonchev–Trinajstić information content (AvgIpc) is 2.68. The summed E-state index contributed by atoms with van der Waals surface area (Å²) in [5.41, 5.74) is 1.68. The van der Waals surface area contributed by atoms with Gasteiger partial charge in [0.25, 0.3) is 5.91 Å². The van der Waals surface area contributed by atoms with Crippen LogP contribution in [0.15, 0.2) is 53.0 Å². The summed E-state index contributed by atoms with van der Waals surface area (Å²) in [7, 11) is 3.10. The van der Waals surface area contributed by atoms with E-state index in [2.05, 4.69) is 21.2 Å². The number of ether oxygens (including phenoxy) is 3. The van der Waals surface area contributed by atoms with Gasteiger partial charge in [-0.1, -0.05) is 34.1 Å². The number of esters is 1. The van der Waals surface area contributed by atoms with Gasteiger partial charge in [0, 0.05) is 17.1 Å². The van der Waals surface area contributed by atoms with Crippen molar-refractivity contribution in [1.29, 1.82) is 0 Å². The third-order valence-electron chi connectivity index (χ3n) is 3.54. The minimum Gasteiger partial charge on any atom is -0.493 e. The Bertz CT molecular complexity index is 835. The van der Waals surface area contributed by atoms with E-state index in [1.165, 1.54) is 6.08 Å². The first-order chi connectivity index (χ1) is 13.0. The summed E-state index contributed by atoms with van der Waals surface area (Å²) < 4.78 is 16.2. The standard InChI is InChI=1S/C20H20BrNO5/c1-25-17-8-6-15(11-18(17)26-2)12-22-19(23)13-27-20(24)9-7-14-4-3-5-16(21)10-14/h3-11H,12-13H2,1-2H3,(H,22,23)/b9-7+. The zero-order chi connectivity index (χ0) is 19.6. The Morgan fingerprint density at radius 3 is 2.56 bits per heavy atom. The molecule has 6 nitrogen and oxygen atoms in total. The van der Waals surface area contributed by atoms with Gasteiger partial charge in [-0.3, -0.25) is 4.79 Å². The Kier molecular flexibility index (Phi) is 7.88. The highest BCUT2D eigenvalue weighted by Crippen LogP contribution is 2.27. The Balaban J connectivity index is 1.78. The first-order valence-electron chi connectivity index (χ1n) is 8.10. The lowest BCUT2D eigenvalue weighted by Gasteiger charge is -2.10. The summed E-state index contributed by atoms with van der Waals surface area (Å²) in [5, 5.41) is 2.68. The van der Waals surface area contributed by atoms with Crippen molar-refractivity contribution in [3.8, 4) is 11.5 Å². The van der Waals surface area contributed by atoms with Crippen molar-refractivity contribution in [1.82, 2.24) is 5.32 Å². The zero-order valence-electron chi connectivity index (χ0n) is 15.0. The lowest BCUT2D eigenvalue weighted by atomic mass is 10.2. The first kappa shape index (κ1) is 20.5. The molecule has 0 fully saturated rings. The number of halogens is 1. The van der Waals surface area contributed by atoms with Crippen LogP contribution in [0.5, 0.6) is 11.5 Å². The van der Waals surface area contributed by atoms with Crippen LogP contribution in [0.25, 0.3) is 6.08 Å². The van der Waals surface area contributed by atoms with Gasteiger partial charge < -0.3 is 19.5 Å². The fourth-order valence-corrected chi connectivity index (χ4v) is 2.62. The molecule has 0 saturated heterocycles. The van der Waals surface area contributed by atoms with Gasteiger partial charge in [0.05, 0.1) is 14.2 Å². The van der Waals surface area contributed by atoms with Gasteiger partial charge in [-0.15, -0.1) is 0 Å². The van der Waals surface area contributed by atoms with Crippen LogP contribution in [0.1, 0.15) is 11.1 Å². The molecule has 0 bridgehead atoms. The van der Waals surface area contributed by atoms with E-state index in [4.69, 9.17) is 14.2 Å². The molecule has 0 aliphatic heterocycles. The van der Waals surface area contributed by atoms with Crippen LogP contribution in [0.4, 0.5) is 0 Å². The Hall–Kier alpha value is -2.80. The fraction of sp³-hybridized carbons (Fsp3) is 0.200. The molecule has 0 spiro atoms. The summed E-state index contributed by atoms with van der Waals surface area (Å²) >= 11 is 3.35. The highest BCUT2D eigenvalue weighted by atomic mass is 79.9. The monoisotopic (exact) mass is 433 g/mol. The molecule has 7 heteroatoms. The second-order valence-electron chi connectivity index (χ2n) is 5.46. The molecule has 0 radical (unpaired) electrons. The Morgan fingerprint density at radius 2 is 1.85 bits per heavy atom. The maximum absolute atomic E-state index is 11.8. The fourth-order valence-electron chi connectivity index (χ4n) is 2.20. The molecule has 27 heavy (non-hydrogen) atoms. The van der Waals surface area contributed by atoms with Crippen molar-refractivity contribution < 1.29 is 23.8 Å². The minimum atomic E-state index is -0.587. The Morgan fingerprint density at radius 1 is 1.07 bits per heavy atom. The van der Waals surface area contributed by atoms with Gasteiger partial charge >= 0.3 is 5.97 Å². The molecule has 0 aliphatic rings. The van der Waals surface area contributed by atoms with E-state index in [-0.39, 0.29) is 13.2 Å².